The van der Waals surface area contributed by atoms with E-state index in [0.29, 0.717) is 12.5 Å². The molecular formula is C13H22N4O2. The van der Waals surface area contributed by atoms with Crippen LogP contribution in [0.1, 0.15) is 29.9 Å². The van der Waals surface area contributed by atoms with Crippen LogP contribution in [0, 0.1) is 13.8 Å². The van der Waals surface area contributed by atoms with Gasteiger partial charge in [0.2, 0.25) is 0 Å². The molecule has 1 unspecified atom stereocenters. The minimum absolute atomic E-state index is 0.255. The molecule has 1 fully saturated rings. The smallest absolute Gasteiger partial charge is 0.191 e. The SMILES string of the molecule is Cc1noc(C)c1C(C)CN=C(N)N1CCOCC1. The molecule has 1 atom stereocenters. The first kappa shape index (κ1) is 13.9. The third-order valence-electron chi connectivity index (χ3n) is 3.44. The first-order chi connectivity index (χ1) is 9.09. The maximum absolute atomic E-state index is 6.01. The second-order valence-electron chi connectivity index (χ2n) is 4.94. The molecule has 1 aliphatic rings. The van der Waals surface area contributed by atoms with Crippen LogP contribution in [0.2, 0.25) is 0 Å². The molecule has 2 N–H and O–H groups in total. The highest BCUT2D eigenvalue weighted by Gasteiger charge is 2.17. The van der Waals surface area contributed by atoms with Crippen LogP contribution in [0.5, 0.6) is 0 Å². The highest BCUT2D eigenvalue weighted by atomic mass is 16.5. The highest BCUT2D eigenvalue weighted by molar-refractivity contribution is 5.78. The van der Waals surface area contributed by atoms with Crippen molar-refractivity contribution in [2.75, 3.05) is 32.8 Å². The Labute approximate surface area is 113 Å². The summed E-state index contributed by atoms with van der Waals surface area (Å²) in [5.41, 5.74) is 8.08. The molecule has 1 aromatic heterocycles. The van der Waals surface area contributed by atoms with Crippen LogP contribution in [0.3, 0.4) is 0 Å². The average Bonchev–Trinajstić information content (AvgIpc) is 2.76. The van der Waals surface area contributed by atoms with Crippen LogP contribution in [-0.2, 0) is 4.74 Å². The van der Waals surface area contributed by atoms with Crippen molar-refractivity contribution in [3.63, 3.8) is 0 Å². The number of ether oxygens (including phenoxy) is 1. The van der Waals surface area contributed by atoms with Gasteiger partial charge in [-0.25, -0.2) is 0 Å². The number of rotatable bonds is 3. The van der Waals surface area contributed by atoms with Gasteiger partial charge in [0, 0.05) is 31.1 Å². The lowest BCUT2D eigenvalue weighted by Gasteiger charge is -2.27. The number of aliphatic imine (C=N–C) groups is 1. The molecule has 6 nitrogen and oxygen atoms in total. The molecule has 0 saturated carbocycles. The third kappa shape index (κ3) is 3.26. The topological polar surface area (TPSA) is 76.9 Å². The fourth-order valence-electron chi connectivity index (χ4n) is 2.41. The summed E-state index contributed by atoms with van der Waals surface area (Å²) in [5, 5.41) is 3.97. The summed E-state index contributed by atoms with van der Waals surface area (Å²) in [6.07, 6.45) is 0. The van der Waals surface area contributed by atoms with Crippen molar-refractivity contribution in [3.05, 3.63) is 17.0 Å². The highest BCUT2D eigenvalue weighted by Crippen LogP contribution is 2.23. The molecule has 0 aromatic carbocycles. The summed E-state index contributed by atoms with van der Waals surface area (Å²) in [5.74, 6) is 1.72. The summed E-state index contributed by atoms with van der Waals surface area (Å²) in [7, 11) is 0. The Hall–Kier alpha value is -1.56. The number of nitrogens with two attached hydrogens (primary N) is 1. The molecule has 0 spiro atoms. The van der Waals surface area contributed by atoms with Crippen molar-refractivity contribution in [3.8, 4) is 0 Å². The summed E-state index contributed by atoms with van der Waals surface area (Å²) in [6, 6.07) is 0. The van der Waals surface area contributed by atoms with Gasteiger partial charge >= 0.3 is 0 Å². The fraction of sp³-hybridized carbons (Fsp3) is 0.692. The standard InChI is InChI=1S/C13H22N4O2/c1-9(12-10(2)16-19-11(12)3)8-15-13(14)17-4-6-18-7-5-17/h9H,4-8H2,1-3H3,(H2,14,15). The van der Waals surface area contributed by atoms with Gasteiger partial charge in [-0.15, -0.1) is 0 Å². The second kappa shape index (κ2) is 6.06. The van der Waals surface area contributed by atoms with Crippen molar-refractivity contribution in [1.82, 2.24) is 10.1 Å². The Morgan fingerprint density at radius 1 is 1.42 bits per heavy atom. The number of hydrogen-bond acceptors (Lipinski definition) is 4. The van der Waals surface area contributed by atoms with Gasteiger partial charge in [-0.05, 0) is 13.8 Å². The Morgan fingerprint density at radius 2 is 2.11 bits per heavy atom. The molecule has 2 heterocycles. The van der Waals surface area contributed by atoms with Crippen molar-refractivity contribution >= 4 is 5.96 Å². The predicted molar refractivity (Wildman–Crippen MR) is 73.3 cm³/mol. The summed E-state index contributed by atoms with van der Waals surface area (Å²) < 4.78 is 10.5. The first-order valence-corrected chi connectivity index (χ1v) is 6.65. The van der Waals surface area contributed by atoms with Gasteiger partial charge < -0.3 is 19.9 Å². The molecule has 0 aliphatic carbocycles. The molecule has 1 saturated heterocycles. The monoisotopic (exact) mass is 266 g/mol. The Bertz CT molecular complexity index is 430. The van der Waals surface area contributed by atoms with E-state index >= 15 is 0 Å². The molecule has 0 bridgehead atoms. The summed E-state index contributed by atoms with van der Waals surface area (Å²) in [4.78, 5) is 6.54. The van der Waals surface area contributed by atoms with Crippen molar-refractivity contribution in [2.24, 2.45) is 10.7 Å². The Kier molecular flexibility index (Phi) is 4.42. The molecule has 19 heavy (non-hydrogen) atoms. The molecule has 0 radical (unpaired) electrons. The van der Waals surface area contributed by atoms with Crippen LogP contribution in [-0.4, -0.2) is 48.9 Å². The van der Waals surface area contributed by atoms with Gasteiger partial charge in [0.25, 0.3) is 0 Å². The van der Waals surface area contributed by atoms with Crippen LogP contribution in [0.15, 0.2) is 9.52 Å². The molecular weight excluding hydrogens is 244 g/mol. The van der Waals surface area contributed by atoms with Gasteiger partial charge in [0.1, 0.15) is 5.76 Å². The van der Waals surface area contributed by atoms with Crippen LogP contribution < -0.4 is 5.73 Å². The minimum atomic E-state index is 0.255. The van der Waals surface area contributed by atoms with Crippen molar-refractivity contribution in [2.45, 2.75) is 26.7 Å². The number of guanidine groups is 1. The maximum Gasteiger partial charge on any atom is 0.191 e. The third-order valence-corrected chi connectivity index (χ3v) is 3.44. The zero-order chi connectivity index (χ0) is 13.8. The lowest BCUT2D eigenvalue weighted by Crippen LogP contribution is -2.45. The molecule has 106 valence electrons. The quantitative estimate of drug-likeness (QED) is 0.653. The van der Waals surface area contributed by atoms with Gasteiger partial charge in [-0.3, -0.25) is 4.99 Å². The second-order valence-corrected chi connectivity index (χ2v) is 4.94. The lowest BCUT2D eigenvalue weighted by molar-refractivity contribution is 0.0674. The fourth-order valence-corrected chi connectivity index (χ4v) is 2.41. The van der Waals surface area contributed by atoms with Gasteiger partial charge in [0.05, 0.1) is 18.9 Å². The van der Waals surface area contributed by atoms with E-state index in [9.17, 15) is 0 Å². The van der Waals surface area contributed by atoms with E-state index in [-0.39, 0.29) is 5.92 Å². The van der Waals surface area contributed by atoms with Crippen LogP contribution in [0.25, 0.3) is 0 Å². The van der Waals surface area contributed by atoms with Crippen molar-refractivity contribution < 1.29 is 9.26 Å². The number of nitrogens with zero attached hydrogens (tertiary/aromatic N) is 3. The molecule has 2 rings (SSSR count). The molecule has 1 aromatic rings. The first-order valence-electron chi connectivity index (χ1n) is 6.65. The van der Waals surface area contributed by atoms with E-state index in [4.69, 9.17) is 15.0 Å². The lowest BCUT2D eigenvalue weighted by atomic mass is 10.00. The summed E-state index contributed by atoms with van der Waals surface area (Å²) >= 11 is 0. The number of morpholine rings is 1. The van der Waals surface area contributed by atoms with E-state index in [1.165, 1.54) is 0 Å². The zero-order valence-corrected chi connectivity index (χ0v) is 11.8. The van der Waals surface area contributed by atoms with Gasteiger partial charge in [-0.2, -0.15) is 0 Å². The van der Waals surface area contributed by atoms with E-state index in [1.54, 1.807) is 0 Å². The number of hydrogen-bond donors (Lipinski definition) is 1. The summed E-state index contributed by atoms with van der Waals surface area (Å²) in [6.45, 7) is 9.71. The molecule has 6 heteroatoms. The van der Waals surface area contributed by atoms with E-state index < -0.39 is 0 Å². The average molecular weight is 266 g/mol. The minimum Gasteiger partial charge on any atom is -0.378 e. The number of aromatic nitrogens is 1. The van der Waals surface area contributed by atoms with Crippen LogP contribution >= 0.6 is 0 Å². The van der Waals surface area contributed by atoms with E-state index in [2.05, 4.69) is 22.0 Å². The largest absolute Gasteiger partial charge is 0.378 e. The van der Waals surface area contributed by atoms with Gasteiger partial charge in [0.15, 0.2) is 5.96 Å². The van der Waals surface area contributed by atoms with E-state index in [1.807, 2.05) is 13.8 Å². The van der Waals surface area contributed by atoms with E-state index in [0.717, 1.165) is 43.3 Å². The number of aryl methyl sites for hydroxylation is 2. The Balaban J connectivity index is 1.97. The zero-order valence-electron chi connectivity index (χ0n) is 11.8. The molecule has 0 amide bonds. The maximum atomic E-state index is 6.01. The molecule has 1 aliphatic heterocycles. The van der Waals surface area contributed by atoms with Crippen LogP contribution in [0.4, 0.5) is 0 Å². The van der Waals surface area contributed by atoms with Crippen molar-refractivity contribution in [1.29, 1.82) is 0 Å². The normalized spacial score (nSPS) is 18.7. The predicted octanol–water partition coefficient (Wildman–Crippen LogP) is 1.04. The van der Waals surface area contributed by atoms with Gasteiger partial charge in [-0.1, -0.05) is 12.1 Å². The Morgan fingerprint density at radius 3 is 2.68 bits per heavy atom.